The van der Waals surface area contributed by atoms with Gasteiger partial charge in [-0.2, -0.15) is 0 Å². The molecule has 0 aromatic carbocycles. The Labute approximate surface area is 122 Å². The Morgan fingerprint density at radius 3 is 2.28 bits per heavy atom. The molecule has 1 saturated carbocycles. The summed E-state index contributed by atoms with van der Waals surface area (Å²) in [4.78, 5) is 14.1. The van der Waals surface area contributed by atoms with Gasteiger partial charge in [0.15, 0.2) is 0 Å². The number of nitrogens with zero attached hydrogens (tertiary/aromatic N) is 1. The molecule has 1 aliphatic heterocycles. The van der Waals surface area contributed by atoms with Crippen LogP contribution in [-0.4, -0.2) is 49.6 Å². The first-order chi connectivity index (χ1) is 7.79. The molecule has 108 valence electrons. The van der Waals surface area contributed by atoms with Gasteiger partial charge in [0.05, 0.1) is 0 Å². The minimum Gasteiger partial charge on any atom is -0.353 e. The molecule has 6 heteroatoms. The van der Waals surface area contributed by atoms with E-state index < -0.39 is 0 Å². The number of amides is 1. The second kappa shape index (κ2) is 8.97. The summed E-state index contributed by atoms with van der Waals surface area (Å²) in [6, 6.07) is 1.29. The van der Waals surface area contributed by atoms with Crippen molar-refractivity contribution in [2.24, 2.45) is 0 Å². The first-order valence-corrected chi connectivity index (χ1v) is 6.47. The maximum Gasteiger partial charge on any atom is 0.221 e. The Morgan fingerprint density at radius 1 is 1.17 bits per heavy atom. The van der Waals surface area contributed by atoms with Crippen LogP contribution in [0, 0.1) is 0 Å². The molecule has 2 aliphatic rings. The van der Waals surface area contributed by atoms with Gasteiger partial charge in [-0.1, -0.05) is 0 Å². The zero-order valence-electron chi connectivity index (χ0n) is 11.0. The number of nitrogens with one attached hydrogen (secondary N) is 2. The fraction of sp³-hybridized carbons (Fsp3) is 0.917. The highest BCUT2D eigenvalue weighted by Gasteiger charge is 2.31. The predicted molar refractivity (Wildman–Crippen MR) is 78.8 cm³/mol. The number of carbonyl (C=O) groups excluding carboxylic acids is 1. The molecule has 2 N–H and O–H groups in total. The van der Waals surface area contributed by atoms with Crippen LogP contribution in [0.5, 0.6) is 0 Å². The molecule has 0 aromatic rings. The Morgan fingerprint density at radius 2 is 1.78 bits per heavy atom. The molecule has 0 bridgehead atoms. The number of hydrogen-bond acceptors (Lipinski definition) is 3. The Bertz CT molecular complexity index is 241. The quantitative estimate of drug-likeness (QED) is 0.801. The van der Waals surface area contributed by atoms with Crippen molar-refractivity contribution < 1.29 is 4.79 Å². The van der Waals surface area contributed by atoms with Crippen LogP contribution in [0.25, 0.3) is 0 Å². The van der Waals surface area contributed by atoms with Gasteiger partial charge in [0.1, 0.15) is 0 Å². The zero-order chi connectivity index (χ0) is 11.4. The third-order valence-corrected chi connectivity index (χ3v) is 3.56. The first kappa shape index (κ1) is 18.0. The minimum atomic E-state index is 0. The van der Waals surface area contributed by atoms with Gasteiger partial charge in [0.2, 0.25) is 5.91 Å². The lowest BCUT2D eigenvalue weighted by molar-refractivity contribution is -0.122. The maximum absolute atomic E-state index is 11.5. The van der Waals surface area contributed by atoms with Crippen LogP contribution in [0.15, 0.2) is 0 Å². The molecular weight excluding hydrogens is 273 g/mol. The van der Waals surface area contributed by atoms with E-state index in [0.717, 1.165) is 25.4 Å². The summed E-state index contributed by atoms with van der Waals surface area (Å²) in [6.45, 7) is 3.11. The standard InChI is InChI=1S/C12H23N3O.2ClH/c1-13-7-4-12(16)14-10-5-8-15(9-6-10)11-2-3-11;;/h10-11,13H,2-9H2,1H3,(H,14,16);2*1H. The maximum atomic E-state index is 11.5. The highest BCUT2D eigenvalue weighted by Crippen LogP contribution is 2.29. The van der Waals surface area contributed by atoms with Gasteiger partial charge >= 0.3 is 0 Å². The normalized spacial score (nSPS) is 20.7. The fourth-order valence-corrected chi connectivity index (χ4v) is 2.39. The highest BCUT2D eigenvalue weighted by atomic mass is 35.5. The molecule has 4 nitrogen and oxygen atoms in total. The third-order valence-electron chi connectivity index (χ3n) is 3.56. The molecule has 0 radical (unpaired) electrons. The van der Waals surface area contributed by atoms with E-state index in [9.17, 15) is 4.79 Å². The largest absolute Gasteiger partial charge is 0.353 e. The topological polar surface area (TPSA) is 44.4 Å². The molecule has 0 unspecified atom stereocenters. The van der Waals surface area contributed by atoms with Gasteiger partial charge in [-0.3, -0.25) is 4.79 Å². The summed E-state index contributed by atoms with van der Waals surface area (Å²) >= 11 is 0. The fourth-order valence-electron chi connectivity index (χ4n) is 2.39. The molecule has 1 aliphatic carbocycles. The molecule has 1 amide bonds. The Hall–Kier alpha value is -0.0300. The number of carbonyl (C=O) groups is 1. The van der Waals surface area contributed by atoms with Crippen molar-refractivity contribution in [3.8, 4) is 0 Å². The van der Waals surface area contributed by atoms with Crippen molar-refractivity contribution in [1.29, 1.82) is 0 Å². The molecule has 1 saturated heterocycles. The third kappa shape index (κ3) is 5.74. The highest BCUT2D eigenvalue weighted by molar-refractivity contribution is 5.85. The summed E-state index contributed by atoms with van der Waals surface area (Å²) in [5, 5.41) is 6.12. The van der Waals surface area contributed by atoms with Gasteiger partial charge in [0, 0.05) is 38.1 Å². The lowest BCUT2D eigenvalue weighted by Gasteiger charge is -2.32. The van der Waals surface area contributed by atoms with Gasteiger partial charge < -0.3 is 15.5 Å². The molecular formula is C12H25Cl2N3O. The van der Waals surface area contributed by atoms with E-state index in [1.165, 1.54) is 25.9 Å². The number of likely N-dealkylation sites (tertiary alicyclic amines) is 1. The summed E-state index contributed by atoms with van der Waals surface area (Å²) in [7, 11) is 1.88. The molecule has 1 heterocycles. The van der Waals surface area contributed by atoms with Crippen LogP contribution in [0.4, 0.5) is 0 Å². The second-order valence-electron chi connectivity index (χ2n) is 4.96. The molecule has 0 atom stereocenters. The minimum absolute atomic E-state index is 0. The van der Waals surface area contributed by atoms with Gasteiger partial charge in [-0.15, -0.1) is 24.8 Å². The second-order valence-corrected chi connectivity index (χ2v) is 4.96. The summed E-state index contributed by atoms with van der Waals surface area (Å²) in [5.74, 6) is 0.194. The summed E-state index contributed by atoms with van der Waals surface area (Å²) in [6.07, 6.45) is 5.63. The first-order valence-electron chi connectivity index (χ1n) is 6.47. The SMILES string of the molecule is CNCCC(=O)NC1CCN(C2CC2)CC1.Cl.Cl. The van der Waals surface area contributed by atoms with Gasteiger partial charge in [-0.05, 0) is 32.7 Å². The number of halogens is 2. The lowest BCUT2D eigenvalue weighted by atomic mass is 10.0. The molecule has 2 fully saturated rings. The summed E-state index contributed by atoms with van der Waals surface area (Å²) < 4.78 is 0. The summed E-state index contributed by atoms with van der Waals surface area (Å²) in [5.41, 5.74) is 0. The van der Waals surface area contributed by atoms with Crippen LogP contribution < -0.4 is 10.6 Å². The monoisotopic (exact) mass is 297 g/mol. The van der Waals surface area contributed by atoms with Gasteiger partial charge in [-0.25, -0.2) is 0 Å². The average molecular weight is 298 g/mol. The predicted octanol–water partition coefficient (Wildman–Crippen LogP) is 1.18. The number of piperidine rings is 1. The van der Waals surface area contributed by atoms with Crippen molar-refractivity contribution in [3.63, 3.8) is 0 Å². The van der Waals surface area contributed by atoms with Gasteiger partial charge in [0.25, 0.3) is 0 Å². The van der Waals surface area contributed by atoms with Crippen LogP contribution in [-0.2, 0) is 4.79 Å². The Kier molecular flexibility index (Phi) is 8.95. The Balaban J connectivity index is 0.00000144. The van der Waals surface area contributed by atoms with Crippen LogP contribution in [0.2, 0.25) is 0 Å². The lowest BCUT2D eigenvalue weighted by Crippen LogP contribution is -2.45. The van der Waals surface area contributed by atoms with E-state index in [2.05, 4.69) is 15.5 Å². The smallest absolute Gasteiger partial charge is 0.221 e. The molecule has 2 rings (SSSR count). The zero-order valence-corrected chi connectivity index (χ0v) is 12.6. The van der Waals surface area contributed by atoms with E-state index in [4.69, 9.17) is 0 Å². The van der Waals surface area contributed by atoms with Crippen molar-refractivity contribution in [1.82, 2.24) is 15.5 Å². The van der Waals surface area contributed by atoms with Crippen LogP contribution >= 0.6 is 24.8 Å². The van der Waals surface area contributed by atoms with Crippen molar-refractivity contribution >= 4 is 30.7 Å². The van der Waals surface area contributed by atoms with Crippen LogP contribution in [0.3, 0.4) is 0 Å². The average Bonchev–Trinajstić information content (AvgIpc) is 3.11. The van der Waals surface area contributed by atoms with Crippen molar-refractivity contribution in [2.75, 3.05) is 26.7 Å². The molecule has 18 heavy (non-hydrogen) atoms. The number of rotatable bonds is 5. The van der Waals surface area contributed by atoms with E-state index in [1.54, 1.807) is 0 Å². The van der Waals surface area contributed by atoms with E-state index in [1.807, 2.05) is 7.05 Å². The van der Waals surface area contributed by atoms with E-state index in [0.29, 0.717) is 12.5 Å². The molecule has 0 aromatic heterocycles. The van der Waals surface area contributed by atoms with E-state index >= 15 is 0 Å². The number of hydrogen-bond donors (Lipinski definition) is 2. The van der Waals surface area contributed by atoms with Crippen LogP contribution in [0.1, 0.15) is 32.1 Å². The molecule has 0 spiro atoms. The van der Waals surface area contributed by atoms with Crippen molar-refractivity contribution in [2.45, 2.75) is 44.2 Å². The van der Waals surface area contributed by atoms with Crippen molar-refractivity contribution in [3.05, 3.63) is 0 Å². The van der Waals surface area contributed by atoms with E-state index in [-0.39, 0.29) is 30.7 Å².